The first-order chi connectivity index (χ1) is 10.8. The maximum atomic E-state index is 11.1. The molecule has 0 bridgehead atoms. The largest absolute Gasteiger partial charge is 0.477 e. The molecular formula is C15H11N2O6Y-. The summed E-state index contributed by atoms with van der Waals surface area (Å²) in [4.78, 5) is 31.6. The average molecular weight is 404 g/mol. The van der Waals surface area contributed by atoms with Crippen LogP contribution in [-0.4, -0.2) is 20.9 Å². The predicted molar refractivity (Wildman–Crippen MR) is 79.5 cm³/mol. The number of carboxylic acid groups (broad SMARTS) is 1. The SMILES string of the molecule is Cc1cc(C(=O)O)c([N+](=O)[O-])cc1Cc1[c-]ccc([N+](=O)[O-])c1.[Y]. The predicted octanol–water partition coefficient (Wildman–Crippen LogP) is 2.90. The topological polar surface area (TPSA) is 124 Å². The van der Waals surface area contributed by atoms with Gasteiger partial charge in [-0.15, -0.1) is 0 Å². The van der Waals surface area contributed by atoms with Crippen LogP contribution in [0.4, 0.5) is 11.4 Å². The number of aryl methyl sites for hydroxylation is 1. The van der Waals surface area contributed by atoms with Crippen molar-refractivity contribution in [3.8, 4) is 0 Å². The van der Waals surface area contributed by atoms with Crippen molar-refractivity contribution >= 4 is 17.3 Å². The van der Waals surface area contributed by atoms with Crippen molar-refractivity contribution in [1.82, 2.24) is 0 Å². The molecule has 0 atom stereocenters. The second-order valence-corrected chi connectivity index (χ2v) is 4.86. The van der Waals surface area contributed by atoms with Crippen LogP contribution < -0.4 is 0 Å². The van der Waals surface area contributed by atoms with Gasteiger partial charge in [0, 0.05) is 43.7 Å². The summed E-state index contributed by atoms with van der Waals surface area (Å²) in [6.45, 7) is 1.63. The summed E-state index contributed by atoms with van der Waals surface area (Å²) in [5.74, 6) is -1.38. The minimum absolute atomic E-state index is 0. The van der Waals surface area contributed by atoms with E-state index in [1.165, 1.54) is 30.3 Å². The number of carbonyl (C=O) groups is 1. The molecule has 0 heterocycles. The van der Waals surface area contributed by atoms with E-state index in [1.807, 2.05) is 0 Å². The van der Waals surface area contributed by atoms with Crippen molar-refractivity contribution in [2.75, 3.05) is 0 Å². The van der Waals surface area contributed by atoms with Gasteiger partial charge in [-0.1, -0.05) is 12.1 Å². The van der Waals surface area contributed by atoms with E-state index in [-0.39, 0.29) is 50.4 Å². The Morgan fingerprint density at radius 3 is 2.42 bits per heavy atom. The van der Waals surface area contributed by atoms with Crippen LogP contribution in [-0.2, 0) is 39.1 Å². The fraction of sp³-hybridized carbons (Fsp3) is 0.133. The van der Waals surface area contributed by atoms with Gasteiger partial charge in [0.05, 0.1) is 4.92 Å². The molecule has 0 spiro atoms. The number of aromatic carboxylic acids is 1. The van der Waals surface area contributed by atoms with Crippen molar-refractivity contribution in [3.05, 3.63) is 78.9 Å². The molecular weight excluding hydrogens is 393 g/mol. The molecule has 0 aliphatic carbocycles. The normalized spacial score (nSPS) is 9.88. The van der Waals surface area contributed by atoms with E-state index in [4.69, 9.17) is 5.11 Å². The van der Waals surface area contributed by atoms with Gasteiger partial charge in [0.15, 0.2) is 5.69 Å². The number of rotatable bonds is 5. The summed E-state index contributed by atoms with van der Waals surface area (Å²) >= 11 is 0. The minimum Gasteiger partial charge on any atom is -0.477 e. The molecule has 0 aliphatic heterocycles. The quantitative estimate of drug-likeness (QED) is 0.464. The fourth-order valence-electron chi connectivity index (χ4n) is 2.18. The molecule has 2 rings (SSSR count). The Bertz CT molecular complexity index is 822. The van der Waals surface area contributed by atoms with Crippen LogP contribution in [0.1, 0.15) is 27.0 Å². The molecule has 0 aliphatic rings. The molecule has 1 N–H and O–H groups in total. The third-order valence-corrected chi connectivity index (χ3v) is 3.32. The van der Waals surface area contributed by atoms with Crippen LogP contribution in [0.3, 0.4) is 0 Å². The maximum absolute atomic E-state index is 11.1. The second-order valence-electron chi connectivity index (χ2n) is 4.86. The molecule has 9 heteroatoms. The van der Waals surface area contributed by atoms with Gasteiger partial charge in [-0.25, -0.2) is 4.79 Å². The third-order valence-electron chi connectivity index (χ3n) is 3.32. The monoisotopic (exact) mass is 404 g/mol. The minimum atomic E-state index is -1.38. The average Bonchev–Trinajstić information content (AvgIpc) is 2.48. The molecule has 1 radical (unpaired) electrons. The van der Waals surface area contributed by atoms with E-state index in [0.29, 0.717) is 16.7 Å². The zero-order valence-electron chi connectivity index (χ0n) is 12.6. The molecule has 0 aromatic heterocycles. The van der Waals surface area contributed by atoms with Crippen LogP contribution in [0, 0.1) is 33.2 Å². The summed E-state index contributed by atoms with van der Waals surface area (Å²) in [5.41, 5.74) is 0.543. The Morgan fingerprint density at radius 1 is 1.21 bits per heavy atom. The zero-order valence-corrected chi connectivity index (χ0v) is 15.4. The number of benzene rings is 2. The van der Waals surface area contributed by atoms with Crippen LogP contribution in [0.25, 0.3) is 0 Å². The number of hydrogen-bond donors (Lipinski definition) is 1. The number of carboxylic acids is 1. The van der Waals surface area contributed by atoms with Crippen LogP contribution >= 0.6 is 0 Å². The van der Waals surface area contributed by atoms with Crippen molar-refractivity contribution in [3.63, 3.8) is 0 Å². The van der Waals surface area contributed by atoms with E-state index in [1.54, 1.807) is 6.92 Å². The van der Waals surface area contributed by atoms with Crippen LogP contribution in [0.5, 0.6) is 0 Å². The van der Waals surface area contributed by atoms with E-state index in [2.05, 4.69) is 6.07 Å². The van der Waals surface area contributed by atoms with E-state index in [0.717, 1.165) is 0 Å². The Labute approximate surface area is 161 Å². The summed E-state index contributed by atoms with van der Waals surface area (Å²) in [6.07, 6.45) is 0.175. The fourth-order valence-corrected chi connectivity index (χ4v) is 2.18. The van der Waals surface area contributed by atoms with Crippen LogP contribution in [0.2, 0.25) is 0 Å². The van der Waals surface area contributed by atoms with Gasteiger partial charge < -0.3 is 5.11 Å². The first-order valence-corrected chi connectivity index (χ1v) is 6.46. The van der Waals surface area contributed by atoms with E-state index in [9.17, 15) is 25.0 Å². The van der Waals surface area contributed by atoms with Crippen molar-refractivity contribution in [2.45, 2.75) is 13.3 Å². The van der Waals surface area contributed by atoms with E-state index >= 15 is 0 Å². The third kappa shape index (κ3) is 4.42. The van der Waals surface area contributed by atoms with Gasteiger partial charge in [0.1, 0.15) is 5.56 Å². The standard InChI is InChI=1S/C15H11N2O6.Y/c1-9-5-13(15(18)19)14(17(22)23)8-11(9)6-10-3-2-4-12(7-10)16(20)21;/h2,4-5,7-8H,6H2,1H3,(H,18,19);/q-1;. The Kier molecular flexibility index (Phi) is 6.68. The Balaban J connectivity index is 0.00000288. The summed E-state index contributed by atoms with van der Waals surface area (Å²) in [7, 11) is 0. The summed E-state index contributed by atoms with van der Waals surface area (Å²) < 4.78 is 0. The Hall–Kier alpha value is -2.19. The molecule has 8 nitrogen and oxygen atoms in total. The summed E-state index contributed by atoms with van der Waals surface area (Å²) in [5, 5.41) is 30.8. The van der Waals surface area contributed by atoms with Crippen LogP contribution in [0.15, 0.2) is 30.3 Å². The number of nitro groups is 2. The second kappa shape index (κ2) is 8.07. The molecule has 0 saturated carbocycles. The molecule has 0 unspecified atom stereocenters. The van der Waals surface area contributed by atoms with Gasteiger partial charge in [-0.3, -0.25) is 20.2 Å². The molecule has 2 aromatic carbocycles. The van der Waals surface area contributed by atoms with Gasteiger partial charge in [-0.2, -0.15) is 17.7 Å². The number of nitrogens with zero attached hydrogens (tertiary/aromatic N) is 2. The Morgan fingerprint density at radius 2 is 1.88 bits per heavy atom. The first kappa shape index (κ1) is 19.9. The van der Waals surface area contributed by atoms with E-state index < -0.39 is 21.5 Å². The molecule has 0 amide bonds. The molecule has 0 fully saturated rings. The smallest absolute Gasteiger partial charge is 0.342 e. The number of hydrogen-bond acceptors (Lipinski definition) is 5. The van der Waals surface area contributed by atoms with Crippen molar-refractivity contribution in [1.29, 1.82) is 0 Å². The van der Waals surface area contributed by atoms with Crippen molar-refractivity contribution in [2.24, 2.45) is 0 Å². The van der Waals surface area contributed by atoms with Gasteiger partial charge in [0.2, 0.25) is 0 Å². The van der Waals surface area contributed by atoms with Gasteiger partial charge >= 0.3 is 5.97 Å². The maximum Gasteiger partial charge on any atom is 0.342 e. The molecule has 121 valence electrons. The molecule has 0 saturated heterocycles. The summed E-state index contributed by atoms with van der Waals surface area (Å²) in [6, 6.07) is 9.28. The van der Waals surface area contributed by atoms with Crippen molar-refractivity contribution < 1.29 is 52.5 Å². The molecule has 24 heavy (non-hydrogen) atoms. The first-order valence-electron chi connectivity index (χ1n) is 6.46. The van der Waals surface area contributed by atoms with Gasteiger partial charge in [0.25, 0.3) is 5.69 Å². The zero-order chi connectivity index (χ0) is 17.1. The number of non-ortho nitro benzene ring substituents is 1. The molecule has 2 aromatic rings. The number of nitro benzene ring substituents is 2. The van der Waals surface area contributed by atoms with Gasteiger partial charge in [-0.05, 0) is 30.5 Å².